The minimum absolute atomic E-state index is 0.143. The molecule has 0 heterocycles. The van der Waals surface area contributed by atoms with Gasteiger partial charge in [0.2, 0.25) is 5.91 Å². The highest BCUT2D eigenvalue weighted by molar-refractivity contribution is 6.52. The number of alkyl halides is 2. The number of carbonyl (C=O) groups excluding carboxylic acids is 1. The summed E-state index contributed by atoms with van der Waals surface area (Å²) in [5.74, 6) is -0.834. The number of rotatable bonds is 3. The second-order valence-electron chi connectivity index (χ2n) is 4.66. The summed E-state index contributed by atoms with van der Waals surface area (Å²) in [4.78, 5) is 13.6. The number of hydrogen-bond donors (Lipinski definition) is 0. The summed E-state index contributed by atoms with van der Waals surface area (Å²) >= 11 is 11.7. The summed E-state index contributed by atoms with van der Waals surface area (Å²) < 4.78 is 12.7. The van der Waals surface area contributed by atoms with Crippen LogP contribution in [-0.2, 0) is 4.79 Å². The number of amides is 1. The zero-order valence-electron chi connectivity index (χ0n) is 10.2. The molecule has 0 N–H and O–H groups in total. The monoisotopic (exact) mass is 289 g/mol. The highest BCUT2D eigenvalue weighted by Crippen LogP contribution is 2.54. The minimum atomic E-state index is -0.944. The molecule has 2 rings (SSSR count). The van der Waals surface area contributed by atoms with E-state index in [1.807, 2.05) is 0 Å². The number of nitrogens with zero attached hydrogens (tertiary/aromatic N) is 1. The second kappa shape index (κ2) is 4.71. The van der Waals surface area contributed by atoms with Crippen LogP contribution in [0.1, 0.15) is 24.9 Å². The van der Waals surface area contributed by atoms with Gasteiger partial charge in [0.1, 0.15) is 10.2 Å². The van der Waals surface area contributed by atoms with Crippen molar-refractivity contribution < 1.29 is 9.18 Å². The highest BCUT2D eigenvalue weighted by atomic mass is 35.5. The normalized spacial score (nSPS) is 22.4. The van der Waals surface area contributed by atoms with Gasteiger partial charge in [0.05, 0.1) is 12.0 Å². The van der Waals surface area contributed by atoms with E-state index >= 15 is 0 Å². The van der Waals surface area contributed by atoms with Crippen molar-refractivity contribution in [3.63, 3.8) is 0 Å². The van der Waals surface area contributed by atoms with Crippen LogP contribution in [0.4, 0.5) is 4.39 Å². The van der Waals surface area contributed by atoms with Crippen molar-refractivity contribution in [3.8, 4) is 0 Å². The molecule has 1 aromatic rings. The maximum Gasteiger partial charge on any atom is 0.229 e. The summed E-state index contributed by atoms with van der Waals surface area (Å²) in [5, 5.41) is 0. The predicted octanol–water partition coefficient (Wildman–Crippen LogP) is 3.54. The van der Waals surface area contributed by atoms with Crippen molar-refractivity contribution >= 4 is 29.1 Å². The molecule has 0 aliphatic heterocycles. The van der Waals surface area contributed by atoms with Gasteiger partial charge in [0, 0.05) is 12.6 Å². The topological polar surface area (TPSA) is 20.3 Å². The van der Waals surface area contributed by atoms with Crippen molar-refractivity contribution in [1.82, 2.24) is 4.90 Å². The fourth-order valence-electron chi connectivity index (χ4n) is 1.94. The largest absolute Gasteiger partial charge is 0.339 e. The van der Waals surface area contributed by atoms with Crippen LogP contribution in [0.5, 0.6) is 0 Å². The van der Waals surface area contributed by atoms with E-state index in [-0.39, 0.29) is 23.7 Å². The van der Waals surface area contributed by atoms with Gasteiger partial charge >= 0.3 is 0 Å². The number of carbonyl (C=O) groups is 1. The summed E-state index contributed by atoms with van der Waals surface area (Å²) in [5.41, 5.74) is 0.490. The molecule has 1 fully saturated rings. The van der Waals surface area contributed by atoms with E-state index < -0.39 is 4.33 Å². The first-order valence-corrected chi connectivity index (χ1v) is 6.49. The van der Waals surface area contributed by atoms with Crippen LogP contribution in [-0.4, -0.2) is 22.2 Å². The van der Waals surface area contributed by atoms with Gasteiger partial charge in [-0.25, -0.2) is 4.39 Å². The maximum atomic E-state index is 13.6. The van der Waals surface area contributed by atoms with E-state index in [2.05, 4.69) is 0 Å². The van der Waals surface area contributed by atoms with Crippen molar-refractivity contribution in [2.24, 2.45) is 5.92 Å². The van der Waals surface area contributed by atoms with Gasteiger partial charge in [-0.15, -0.1) is 23.2 Å². The predicted molar refractivity (Wildman–Crippen MR) is 70.1 cm³/mol. The molecule has 18 heavy (non-hydrogen) atoms. The molecule has 2 nitrogen and oxygen atoms in total. The minimum Gasteiger partial charge on any atom is -0.339 e. The van der Waals surface area contributed by atoms with Crippen LogP contribution in [0.2, 0.25) is 0 Å². The van der Waals surface area contributed by atoms with E-state index in [4.69, 9.17) is 23.2 Å². The molecule has 1 saturated carbocycles. The Kier molecular flexibility index (Phi) is 3.56. The summed E-state index contributed by atoms with van der Waals surface area (Å²) in [6.45, 7) is 1.78. The molecule has 0 saturated heterocycles. The number of benzene rings is 1. The lowest BCUT2D eigenvalue weighted by Crippen LogP contribution is -2.32. The number of halogens is 3. The quantitative estimate of drug-likeness (QED) is 0.780. The first kappa shape index (κ1) is 13.6. The Morgan fingerprint density at radius 1 is 1.50 bits per heavy atom. The molecule has 1 aliphatic rings. The van der Waals surface area contributed by atoms with E-state index in [0.717, 1.165) is 0 Å². The molecule has 0 aromatic heterocycles. The lowest BCUT2D eigenvalue weighted by molar-refractivity contribution is -0.133. The molecule has 0 spiro atoms. The smallest absolute Gasteiger partial charge is 0.229 e. The lowest BCUT2D eigenvalue weighted by atomic mass is 10.1. The molecule has 1 aliphatic carbocycles. The Morgan fingerprint density at radius 2 is 2.06 bits per heavy atom. The molecule has 0 radical (unpaired) electrons. The Labute approximate surface area is 116 Å². The van der Waals surface area contributed by atoms with Crippen LogP contribution in [0.15, 0.2) is 24.3 Å². The molecular formula is C13H14Cl2FNO. The molecule has 0 bridgehead atoms. The molecule has 1 amide bonds. The lowest BCUT2D eigenvalue weighted by Gasteiger charge is -2.26. The standard InChI is InChI=1S/C13H14Cl2FNO/c1-8(9-5-3-4-6-11(9)16)17(2)12(18)10-7-13(10,14)15/h3-6,8,10H,7H2,1-2H3. The van der Waals surface area contributed by atoms with Crippen molar-refractivity contribution in [2.45, 2.75) is 23.7 Å². The van der Waals surface area contributed by atoms with Gasteiger partial charge < -0.3 is 4.90 Å². The van der Waals surface area contributed by atoms with Gasteiger partial charge in [-0.1, -0.05) is 18.2 Å². The zero-order valence-corrected chi connectivity index (χ0v) is 11.7. The van der Waals surface area contributed by atoms with Gasteiger partial charge in [-0.05, 0) is 19.4 Å². The zero-order chi connectivity index (χ0) is 13.5. The average Bonchev–Trinajstić information content (AvgIpc) is 2.96. The fourth-order valence-corrected chi connectivity index (χ4v) is 2.44. The average molecular weight is 290 g/mol. The van der Waals surface area contributed by atoms with E-state index in [0.29, 0.717) is 12.0 Å². The molecule has 1 aromatic carbocycles. The summed E-state index contributed by atoms with van der Waals surface area (Å²) in [6.07, 6.45) is 0.462. The first-order chi connectivity index (χ1) is 8.34. The maximum absolute atomic E-state index is 13.6. The van der Waals surface area contributed by atoms with Crippen LogP contribution in [0, 0.1) is 11.7 Å². The van der Waals surface area contributed by atoms with E-state index in [1.54, 1.807) is 32.2 Å². The fraction of sp³-hybridized carbons (Fsp3) is 0.462. The van der Waals surface area contributed by atoms with Crippen LogP contribution in [0.3, 0.4) is 0 Å². The summed E-state index contributed by atoms with van der Waals surface area (Å²) in [6, 6.07) is 6.08. The third kappa shape index (κ3) is 2.47. The van der Waals surface area contributed by atoms with Gasteiger partial charge in [-0.3, -0.25) is 4.79 Å². The molecule has 2 unspecified atom stereocenters. The third-order valence-corrected chi connectivity index (χ3v) is 4.24. The van der Waals surface area contributed by atoms with Crippen molar-refractivity contribution in [1.29, 1.82) is 0 Å². The SMILES string of the molecule is CC(c1ccccc1F)N(C)C(=O)C1CC1(Cl)Cl. The van der Waals surface area contributed by atoms with Crippen molar-refractivity contribution in [2.75, 3.05) is 7.05 Å². The second-order valence-corrected chi connectivity index (χ2v) is 6.21. The number of hydrogen-bond acceptors (Lipinski definition) is 1. The van der Waals surface area contributed by atoms with Gasteiger partial charge in [0.15, 0.2) is 0 Å². The third-order valence-electron chi connectivity index (χ3n) is 3.41. The van der Waals surface area contributed by atoms with Gasteiger partial charge in [-0.2, -0.15) is 0 Å². The van der Waals surface area contributed by atoms with Crippen molar-refractivity contribution in [3.05, 3.63) is 35.6 Å². The Bertz CT molecular complexity index is 478. The first-order valence-electron chi connectivity index (χ1n) is 5.73. The Hall–Kier alpha value is -0.800. The Balaban J connectivity index is 2.12. The molecule has 98 valence electrons. The van der Waals surface area contributed by atoms with Crippen LogP contribution >= 0.6 is 23.2 Å². The van der Waals surface area contributed by atoms with Crippen LogP contribution < -0.4 is 0 Å². The summed E-state index contributed by atoms with van der Waals surface area (Å²) in [7, 11) is 1.64. The molecule has 2 atom stereocenters. The molecule has 5 heteroatoms. The Morgan fingerprint density at radius 3 is 2.56 bits per heavy atom. The molecular weight excluding hydrogens is 276 g/mol. The van der Waals surface area contributed by atoms with Gasteiger partial charge in [0.25, 0.3) is 0 Å². The van der Waals surface area contributed by atoms with Crippen LogP contribution in [0.25, 0.3) is 0 Å². The van der Waals surface area contributed by atoms with E-state index in [1.165, 1.54) is 11.0 Å². The van der Waals surface area contributed by atoms with E-state index in [9.17, 15) is 9.18 Å². The highest BCUT2D eigenvalue weighted by Gasteiger charge is 2.57.